The molecule has 0 bridgehead atoms. The van der Waals surface area contributed by atoms with Gasteiger partial charge in [-0.3, -0.25) is 4.79 Å². The fourth-order valence-electron chi connectivity index (χ4n) is 4.31. The fraction of sp³-hybridized carbons (Fsp3) is 0.292. The molecule has 1 aromatic heterocycles. The van der Waals surface area contributed by atoms with Gasteiger partial charge < -0.3 is 15.1 Å². The number of hydrogen-bond donors (Lipinski definition) is 1. The third kappa shape index (κ3) is 3.61. The maximum atomic E-state index is 12.9. The number of anilines is 4. The molecule has 3 aromatic rings. The molecule has 0 spiro atoms. The molecule has 0 atom stereocenters. The van der Waals surface area contributed by atoms with Gasteiger partial charge in [-0.05, 0) is 62.1 Å². The first-order valence-corrected chi connectivity index (χ1v) is 10.5. The molecular weight excluding hydrogens is 374 g/mol. The fourth-order valence-corrected chi connectivity index (χ4v) is 4.31. The highest BCUT2D eigenvalue weighted by molar-refractivity contribution is 6.03. The Bertz CT molecular complexity index is 1070. The molecule has 1 N–H and O–H groups in total. The number of amides is 1. The van der Waals surface area contributed by atoms with Gasteiger partial charge in [-0.15, -0.1) is 0 Å². The molecule has 2 aromatic carbocycles. The van der Waals surface area contributed by atoms with E-state index in [0.717, 1.165) is 43.2 Å². The molecule has 1 saturated heterocycles. The number of hydrogen-bond acceptors (Lipinski definition) is 5. The van der Waals surface area contributed by atoms with Crippen molar-refractivity contribution in [2.45, 2.75) is 26.2 Å². The summed E-state index contributed by atoms with van der Waals surface area (Å²) < 4.78 is 0. The Morgan fingerprint density at radius 1 is 0.967 bits per heavy atom. The lowest BCUT2D eigenvalue weighted by Gasteiger charge is -2.19. The van der Waals surface area contributed by atoms with E-state index in [4.69, 9.17) is 0 Å². The maximum Gasteiger partial charge on any atom is 0.274 e. The number of carbonyl (C=O) groups is 1. The van der Waals surface area contributed by atoms with Gasteiger partial charge >= 0.3 is 0 Å². The predicted molar refractivity (Wildman–Crippen MR) is 120 cm³/mol. The van der Waals surface area contributed by atoms with E-state index in [1.165, 1.54) is 24.1 Å². The third-order valence-corrected chi connectivity index (χ3v) is 5.82. The highest BCUT2D eigenvalue weighted by Gasteiger charge is 2.22. The molecule has 2 aliphatic heterocycles. The second kappa shape index (κ2) is 7.78. The number of nitrogens with one attached hydrogen (secondary N) is 1. The molecule has 30 heavy (non-hydrogen) atoms. The van der Waals surface area contributed by atoms with Crippen LogP contribution in [-0.4, -0.2) is 35.5 Å². The minimum atomic E-state index is -0.219. The van der Waals surface area contributed by atoms with Gasteiger partial charge in [0, 0.05) is 42.8 Å². The van der Waals surface area contributed by atoms with E-state index in [2.05, 4.69) is 55.4 Å². The predicted octanol–water partition coefficient (Wildman–Crippen LogP) is 4.33. The molecule has 0 radical (unpaired) electrons. The van der Waals surface area contributed by atoms with Crippen LogP contribution in [-0.2, 0) is 6.42 Å². The van der Waals surface area contributed by atoms with Gasteiger partial charge in [0.15, 0.2) is 0 Å². The number of benzene rings is 2. The van der Waals surface area contributed by atoms with Crippen molar-refractivity contribution < 1.29 is 4.79 Å². The van der Waals surface area contributed by atoms with Gasteiger partial charge in [0.05, 0.1) is 0 Å². The molecule has 6 nitrogen and oxygen atoms in total. The standard InChI is InChI=1S/C24H25N5O/c1-17-25-21(16-23(26-17)29-15-12-18-6-2-3-7-22(18)29)24(30)27-19-8-10-20(11-9-19)28-13-4-5-14-28/h2-3,6-11,16H,4-5,12-15H2,1H3,(H,27,30). The zero-order valence-corrected chi connectivity index (χ0v) is 17.1. The molecule has 6 heteroatoms. The summed E-state index contributed by atoms with van der Waals surface area (Å²) in [6, 6.07) is 18.2. The van der Waals surface area contributed by atoms with Crippen molar-refractivity contribution in [1.82, 2.24) is 9.97 Å². The molecule has 0 aliphatic carbocycles. The van der Waals surface area contributed by atoms with Gasteiger partial charge in [-0.1, -0.05) is 18.2 Å². The summed E-state index contributed by atoms with van der Waals surface area (Å²) in [5.41, 5.74) is 4.81. The van der Waals surface area contributed by atoms with E-state index in [1.807, 2.05) is 25.1 Å². The third-order valence-electron chi connectivity index (χ3n) is 5.82. The average Bonchev–Trinajstić information content (AvgIpc) is 3.44. The molecule has 0 saturated carbocycles. The Morgan fingerprint density at radius 3 is 2.53 bits per heavy atom. The van der Waals surface area contributed by atoms with Crippen molar-refractivity contribution >= 4 is 28.8 Å². The van der Waals surface area contributed by atoms with Crippen molar-refractivity contribution in [2.75, 3.05) is 34.8 Å². The Labute approximate surface area is 176 Å². The average molecular weight is 399 g/mol. The minimum Gasteiger partial charge on any atom is -0.372 e. The normalized spacial score (nSPS) is 15.4. The largest absolute Gasteiger partial charge is 0.372 e. The van der Waals surface area contributed by atoms with Crippen molar-refractivity contribution in [3.63, 3.8) is 0 Å². The van der Waals surface area contributed by atoms with Gasteiger partial charge in [0.25, 0.3) is 5.91 Å². The van der Waals surface area contributed by atoms with Gasteiger partial charge in [-0.25, -0.2) is 9.97 Å². The van der Waals surface area contributed by atoms with Gasteiger partial charge in [0.2, 0.25) is 0 Å². The van der Waals surface area contributed by atoms with Crippen LogP contribution in [0.2, 0.25) is 0 Å². The minimum absolute atomic E-state index is 0.219. The Balaban J connectivity index is 1.35. The van der Waals surface area contributed by atoms with Crippen LogP contribution in [0.5, 0.6) is 0 Å². The summed E-state index contributed by atoms with van der Waals surface area (Å²) in [5, 5.41) is 2.97. The SMILES string of the molecule is Cc1nc(C(=O)Nc2ccc(N3CCCC3)cc2)cc(N2CCc3ccccc32)n1. The second-order valence-corrected chi connectivity index (χ2v) is 7.88. The first kappa shape index (κ1) is 18.6. The summed E-state index contributed by atoms with van der Waals surface area (Å²) in [5.74, 6) is 1.14. The van der Waals surface area contributed by atoms with Crippen LogP contribution < -0.4 is 15.1 Å². The molecule has 2 aliphatic rings. The summed E-state index contributed by atoms with van der Waals surface area (Å²) in [4.78, 5) is 26.4. The Morgan fingerprint density at radius 2 is 1.73 bits per heavy atom. The van der Waals surface area contributed by atoms with Crippen LogP contribution >= 0.6 is 0 Å². The van der Waals surface area contributed by atoms with E-state index in [9.17, 15) is 4.79 Å². The lowest BCUT2D eigenvalue weighted by Crippen LogP contribution is -2.20. The topological polar surface area (TPSA) is 61.4 Å². The Kier molecular flexibility index (Phi) is 4.83. The first-order chi connectivity index (χ1) is 14.7. The first-order valence-electron chi connectivity index (χ1n) is 10.5. The highest BCUT2D eigenvalue weighted by Crippen LogP contribution is 2.33. The molecule has 5 rings (SSSR count). The van der Waals surface area contributed by atoms with E-state index in [1.54, 1.807) is 6.07 Å². The maximum absolute atomic E-state index is 12.9. The van der Waals surface area contributed by atoms with Crippen molar-refractivity contribution in [3.05, 3.63) is 71.7 Å². The smallest absolute Gasteiger partial charge is 0.274 e. The zero-order valence-electron chi connectivity index (χ0n) is 17.1. The van der Waals surface area contributed by atoms with Gasteiger partial charge in [-0.2, -0.15) is 0 Å². The number of fused-ring (bicyclic) bond motifs is 1. The summed E-state index contributed by atoms with van der Waals surface area (Å²) in [6.45, 7) is 4.89. The number of aryl methyl sites for hydroxylation is 1. The van der Waals surface area contributed by atoms with E-state index in [-0.39, 0.29) is 5.91 Å². The van der Waals surface area contributed by atoms with Crippen LogP contribution in [0.3, 0.4) is 0 Å². The molecule has 0 unspecified atom stereocenters. The number of carbonyl (C=O) groups excluding carboxylic acids is 1. The monoisotopic (exact) mass is 399 g/mol. The quantitative estimate of drug-likeness (QED) is 0.707. The van der Waals surface area contributed by atoms with Crippen LogP contribution in [0.25, 0.3) is 0 Å². The number of rotatable bonds is 4. The molecule has 1 fully saturated rings. The van der Waals surface area contributed by atoms with Crippen LogP contribution in [0.15, 0.2) is 54.6 Å². The van der Waals surface area contributed by atoms with Crippen LogP contribution in [0.1, 0.15) is 34.7 Å². The lowest BCUT2D eigenvalue weighted by atomic mass is 10.2. The van der Waals surface area contributed by atoms with E-state index < -0.39 is 0 Å². The number of aromatic nitrogens is 2. The van der Waals surface area contributed by atoms with Crippen LogP contribution in [0, 0.1) is 6.92 Å². The highest BCUT2D eigenvalue weighted by atomic mass is 16.1. The van der Waals surface area contributed by atoms with Gasteiger partial charge in [0.1, 0.15) is 17.3 Å². The lowest BCUT2D eigenvalue weighted by molar-refractivity contribution is 0.102. The summed E-state index contributed by atoms with van der Waals surface area (Å²) >= 11 is 0. The Hall–Kier alpha value is -3.41. The van der Waals surface area contributed by atoms with Crippen molar-refractivity contribution in [2.24, 2.45) is 0 Å². The number of nitrogens with zero attached hydrogens (tertiary/aromatic N) is 4. The summed E-state index contributed by atoms with van der Waals surface area (Å²) in [6.07, 6.45) is 3.47. The molecular formula is C24H25N5O. The van der Waals surface area contributed by atoms with Crippen molar-refractivity contribution in [1.29, 1.82) is 0 Å². The second-order valence-electron chi connectivity index (χ2n) is 7.88. The van der Waals surface area contributed by atoms with E-state index >= 15 is 0 Å². The molecule has 152 valence electrons. The zero-order chi connectivity index (χ0) is 20.5. The molecule has 1 amide bonds. The van der Waals surface area contributed by atoms with Crippen molar-refractivity contribution in [3.8, 4) is 0 Å². The summed E-state index contributed by atoms with van der Waals surface area (Å²) in [7, 11) is 0. The molecule has 3 heterocycles. The number of para-hydroxylation sites is 1. The van der Waals surface area contributed by atoms with Crippen LogP contribution in [0.4, 0.5) is 22.9 Å². The van der Waals surface area contributed by atoms with E-state index in [0.29, 0.717) is 11.5 Å².